The highest BCUT2D eigenvalue weighted by atomic mass is 32.2. The molecule has 30 heavy (non-hydrogen) atoms. The fraction of sp³-hybridized carbons (Fsp3) is 0.0833. The van der Waals surface area contributed by atoms with Crippen LogP contribution in [0.2, 0.25) is 0 Å². The van der Waals surface area contributed by atoms with Gasteiger partial charge in [0.25, 0.3) is 0 Å². The number of benzene rings is 3. The van der Waals surface area contributed by atoms with Crippen molar-refractivity contribution in [3.63, 3.8) is 0 Å². The predicted molar refractivity (Wildman–Crippen MR) is 121 cm³/mol. The molecule has 0 aliphatic heterocycles. The summed E-state index contributed by atoms with van der Waals surface area (Å²) in [5.41, 5.74) is 2.96. The Balaban J connectivity index is 1.38. The Bertz CT molecular complexity index is 1220. The summed E-state index contributed by atoms with van der Waals surface area (Å²) in [6, 6.07) is 25.0. The quantitative estimate of drug-likeness (QED) is 0.346. The average Bonchev–Trinajstić information content (AvgIpc) is 2.78. The minimum atomic E-state index is -0.166. The number of Topliss-reactive ketones (excluding diaryl/α,β-unsaturated/α-hetero) is 1. The zero-order chi connectivity index (χ0) is 20.9. The number of hydrogen-bond donors (Lipinski definition) is 1. The second-order valence-corrected chi connectivity index (χ2v) is 7.79. The van der Waals surface area contributed by atoms with Crippen LogP contribution >= 0.6 is 11.8 Å². The number of nitrogens with one attached hydrogen (secondary N) is 1. The molecule has 4 rings (SSSR count). The van der Waals surface area contributed by atoms with E-state index in [1.54, 1.807) is 24.3 Å². The largest absolute Gasteiger partial charge is 0.325 e. The average molecular weight is 414 g/mol. The summed E-state index contributed by atoms with van der Waals surface area (Å²) in [6.45, 7) is 1.50. The molecule has 0 atom stereocenters. The highest BCUT2D eigenvalue weighted by molar-refractivity contribution is 7.99. The highest BCUT2D eigenvalue weighted by Gasteiger charge is 2.08. The molecule has 0 radical (unpaired) electrons. The third kappa shape index (κ3) is 4.72. The van der Waals surface area contributed by atoms with Gasteiger partial charge in [-0.15, -0.1) is 10.2 Å². The van der Waals surface area contributed by atoms with E-state index >= 15 is 0 Å². The molecule has 3 aromatic carbocycles. The molecule has 0 aliphatic rings. The third-order valence-electron chi connectivity index (χ3n) is 4.59. The minimum Gasteiger partial charge on any atom is -0.325 e. The molecule has 0 fully saturated rings. The van der Waals surface area contributed by atoms with Crippen LogP contribution in [0.4, 0.5) is 5.69 Å². The number of fused-ring (bicyclic) bond motifs is 1. The standard InChI is InChI=1S/C24H19N3O2S/c1-16(28)18-7-4-8-21(14-18)25-23(29)15-30-24-12-11-22(26-27-24)20-10-9-17-5-2-3-6-19(17)13-20/h2-14H,15H2,1H3,(H,25,29). The summed E-state index contributed by atoms with van der Waals surface area (Å²) in [6.07, 6.45) is 0. The monoisotopic (exact) mass is 413 g/mol. The fourth-order valence-electron chi connectivity index (χ4n) is 3.05. The molecule has 6 heteroatoms. The van der Waals surface area contributed by atoms with Crippen LogP contribution in [0.25, 0.3) is 22.0 Å². The van der Waals surface area contributed by atoms with Gasteiger partial charge in [-0.2, -0.15) is 0 Å². The van der Waals surface area contributed by atoms with E-state index in [9.17, 15) is 9.59 Å². The van der Waals surface area contributed by atoms with E-state index < -0.39 is 0 Å². The van der Waals surface area contributed by atoms with E-state index in [-0.39, 0.29) is 17.4 Å². The SMILES string of the molecule is CC(=O)c1cccc(NC(=O)CSc2ccc(-c3ccc4ccccc4c3)nn2)c1. The summed E-state index contributed by atoms with van der Waals surface area (Å²) < 4.78 is 0. The van der Waals surface area contributed by atoms with E-state index in [0.717, 1.165) is 16.6 Å². The van der Waals surface area contributed by atoms with E-state index in [1.807, 2.05) is 30.3 Å². The second-order valence-electron chi connectivity index (χ2n) is 6.79. The molecule has 4 aromatic rings. The van der Waals surface area contributed by atoms with Crippen molar-refractivity contribution >= 4 is 39.9 Å². The molecule has 1 amide bonds. The number of aromatic nitrogens is 2. The molecule has 0 spiro atoms. The summed E-state index contributed by atoms with van der Waals surface area (Å²) in [7, 11) is 0. The van der Waals surface area contributed by atoms with Crippen LogP contribution < -0.4 is 5.32 Å². The molecule has 5 nitrogen and oxygen atoms in total. The number of nitrogens with zero attached hydrogens (tertiary/aromatic N) is 2. The molecule has 0 saturated carbocycles. The number of amides is 1. The van der Waals surface area contributed by atoms with Crippen molar-refractivity contribution in [2.24, 2.45) is 0 Å². The van der Waals surface area contributed by atoms with Gasteiger partial charge >= 0.3 is 0 Å². The molecule has 1 N–H and O–H groups in total. The smallest absolute Gasteiger partial charge is 0.234 e. The van der Waals surface area contributed by atoms with E-state index in [2.05, 4.69) is 39.8 Å². The van der Waals surface area contributed by atoms with Crippen molar-refractivity contribution < 1.29 is 9.59 Å². The zero-order valence-electron chi connectivity index (χ0n) is 16.3. The van der Waals surface area contributed by atoms with E-state index in [4.69, 9.17) is 0 Å². The predicted octanol–water partition coefficient (Wildman–Crippen LogP) is 5.23. The van der Waals surface area contributed by atoms with Gasteiger partial charge in [-0.1, -0.05) is 60.3 Å². The Morgan fingerprint density at radius 1 is 0.867 bits per heavy atom. The van der Waals surface area contributed by atoms with Crippen molar-refractivity contribution in [1.29, 1.82) is 0 Å². The first-order chi connectivity index (χ1) is 14.6. The minimum absolute atomic E-state index is 0.0396. The Kier molecular flexibility index (Phi) is 5.86. The Morgan fingerprint density at radius 2 is 1.70 bits per heavy atom. The fourth-order valence-corrected chi connectivity index (χ4v) is 3.67. The van der Waals surface area contributed by atoms with Crippen LogP contribution in [-0.4, -0.2) is 27.6 Å². The maximum Gasteiger partial charge on any atom is 0.234 e. The normalized spacial score (nSPS) is 10.7. The maximum absolute atomic E-state index is 12.2. The van der Waals surface area contributed by atoms with Gasteiger partial charge in [-0.05, 0) is 48.0 Å². The van der Waals surface area contributed by atoms with Gasteiger partial charge in [-0.3, -0.25) is 9.59 Å². The van der Waals surface area contributed by atoms with Crippen molar-refractivity contribution in [3.8, 4) is 11.3 Å². The van der Waals surface area contributed by atoms with Gasteiger partial charge in [0.05, 0.1) is 11.4 Å². The van der Waals surface area contributed by atoms with Crippen molar-refractivity contribution in [1.82, 2.24) is 10.2 Å². The third-order valence-corrected chi connectivity index (χ3v) is 5.51. The van der Waals surface area contributed by atoms with Crippen molar-refractivity contribution in [2.45, 2.75) is 11.9 Å². The van der Waals surface area contributed by atoms with Crippen LogP contribution in [0.5, 0.6) is 0 Å². The lowest BCUT2D eigenvalue weighted by Gasteiger charge is -2.06. The van der Waals surface area contributed by atoms with Crippen LogP contribution in [0.3, 0.4) is 0 Å². The topological polar surface area (TPSA) is 72.0 Å². The zero-order valence-corrected chi connectivity index (χ0v) is 17.1. The Morgan fingerprint density at radius 3 is 2.47 bits per heavy atom. The molecule has 0 saturated heterocycles. The molecule has 1 aromatic heterocycles. The van der Waals surface area contributed by atoms with Crippen LogP contribution in [0.15, 0.2) is 83.9 Å². The molecular formula is C24H19N3O2S. The van der Waals surface area contributed by atoms with E-state index in [1.165, 1.54) is 24.1 Å². The van der Waals surface area contributed by atoms with Crippen LogP contribution in [-0.2, 0) is 4.79 Å². The van der Waals surface area contributed by atoms with Gasteiger partial charge in [0.1, 0.15) is 5.03 Å². The number of ketones is 1. The first kappa shape index (κ1) is 19.8. The molecule has 148 valence electrons. The van der Waals surface area contributed by atoms with Gasteiger partial charge in [0, 0.05) is 16.8 Å². The number of rotatable bonds is 6. The molecule has 0 bridgehead atoms. The van der Waals surface area contributed by atoms with Gasteiger partial charge in [0.15, 0.2) is 5.78 Å². The van der Waals surface area contributed by atoms with Crippen LogP contribution in [0.1, 0.15) is 17.3 Å². The Labute approximate surface area is 178 Å². The molecule has 0 unspecified atom stereocenters. The first-order valence-corrected chi connectivity index (χ1v) is 10.4. The Hall–Kier alpha value is -3.51. The number of carbonyl (C=O) groups excluding carboxylic acids is 2. The summed E-state index contributed by atoms with van der Waals surface area (Å²) in [5.74, 6) is -0.00254. The molecule has 1 heterocycles. The number of anilines is 1. The highest BCUT2D eigenvalue weighted by Crippen LogP contribution is 2.24. The molecular weight excluding hydrogens is 394 g/mol. The maximum atomic E-state index is 12.2. The van der Waals surface area contributed by atoms with Crippen LogP contribution in [0, 0.1) is 0 Å². The second kappa shape index (κ2) is 8.88. The summed E-state index contributed by atoms with van der Waals surface area (Å²) >= 11 is 1.31. The lowest BCUT2D eigenvalue weighted by atomic mass is 10.1. The first-order valence-electron chi connectivity index (χ1n) is 9.45. The van der Waals surface area contributed by atoms with E-state index in [0.29, 0.717) is 16.3 Å². The summed E-state index contributed by atoms with van der Waals surface area (Å²) in [4.78, 5) is 23.7. The van der Waals surface area contributed by atoms with Gasteiger partial charge in [-0.25, -0.2) is 0 Å². The lowest BCUT2D eigenvalue weighted by molar-refractivity contribution is -0.113. The van der Waals surface area contributed by atoms with Gasteiger partial charge in [0.2, 0.25) is 5.91 Å². The lowest BCUT2D eigenvalue weighted by Crippen LogP contribution is -2.14. The number of hydrogen-bond acceptors (Lipinski definition) is 5. The van der Waals surface area contributed by atoms with Crippen molar-refractivity contribution in [3.05, 3.63) is 84.4 Å². The van der Waals surface area contributed by atoms with Crippen molar-refractivity contribution in [2.75, 3.05) is 11.1 Å². The number of carbonyl (C=O) groups is 2. The molecule has 0 aliphatic carbocycles. The van der Waals surface area contributed by atoms with Gasteiger partial charge < -0.3 is 5.32 Å². The summed E-state index contributed by atoms with van der Waals surface area (Å²) in [5, 5.41) is 14.4. The number of thioether (sulfide) groups is 1.